The summed E-state index contributed by atoms with van der Waals surface area (Å²) in [5, 5.41) is 0. The van der Waals surface area contributed by atoms with Crippen molar-refractivity contribution in [2.45, 2.75) is 33.2 Å². The van der Waals surface area contributed by atoms with E-state index in [-0.39, 0.29) is 0 Å². The fourth-order valence-corrected chi connectivity index (χ4v) is 0.863. The second kappa shape index (κ2) is 4.31. The van der Waals surface area contributed by atoms with Gasteiger partial charge in [0.2, 0.25) is 0 Å². The third-order valence-corrected chi connectivity index (χ3v) is 1.76. The minimum Gasteiger partial charge on any atom is -0.361 e. The van der Waals surface area contributed by atoms with Crippen molar-refractivity contribution in [2.24, 2.45) is 4.99 Å². The van der Waals surface area contributed by atoms with Crippen molar-refractivity contribution in [1.29, 1.82) is 0 Å². The second-order valence-electron chi connectivity index (χ2n) is 2.70. The second-order valence-corrected chi connectivity index (χ2v) is 2.70. The highest BCUT2D eigenvalue weighted by atomic mass is 15.2. The van der Waals surface area contributed by atoms with Crippen LogP contribution >= 0.6 is 0 Å². The average Bonchev–Trinajstić information content (AvgIpc) is 1.90. The first kappa shape index (κ1) is 9.47. The Morgan fingerprint density at radius 1 is 1.50 bits per heavy atom. The van der Waals surface area contributed by atoms with Crippen molar-refractivity contribution in [3.8, 4) is 0 Å². The smallest absolute Gasteiger partial charge is 0.0982 e. The van der Waals surface area contributed by atoms with E-state index in [0.29, 0.717) is 6.04 Å². The summed E-state index contributed by atoms with van der Waals surface area (Å²) in [6.45, 7) is 6.46. The number of nitrogens with zero attached hydrogens (tertiary/aromatic N) is 2. The molecule has 0 heterocycles. The van der Waals surface area contributed by atoms with Crippen LogP contribution in [0, 0.1) is 0 Å². The lowest BCUT2D eigenvalue weighted by molar-refractivity contribution is 0.410. The van der Waals surface area contributed by atoms with Gasteiger partial charge in [-0.15, -0.1) is 0 Å². The molecule has 0 aliphatic heterocycles. The number of rotatable bonds is 2. The molecule has 0 radical (unpaired) electrons. The van der Waals surface area contributed by atoms with E-state index in [4.69, 9.17) is 0 Å². The predicted octanol–water partition coefficient (Wildman–Crippen LogP) is 1.76. The Balaban J connectivity index is 4.03. The molecule has 0 aliphatic rings. The van der Waals surface area contributed by atoms with Crippen molar-refractivity contribution in [1.82, 2.24) is 4.90 Å². The number of aliphatic imine (C=N–C) groups is 1. The lowest BCUT2D eigenvalue weighted by Crippen LogP contribution is -2.32. The molecule has 0 aromatic rings. The minimum absolute atomic E-state index is 0.554. The van der Waals surface area contributed by atoms with Crippen LogP contribution in [0.4, 0.5) is 0 Å². The standard InChI is InChI=1S/C8H18N2/c1-6-8(9-4)10(5)7(2)3/h7H,6H2,1-5H3. The van der Waals surface area contributed by atoms with Gasteiger partial charge in [0.15, 0.2) is 0 Å². The maximum atomic E-state index is 4.17. The summed E-state index contributed by atoms with van der Waals surface area (Å²) in [6.07, 6.45) is 1.02. The Hall–Kier alpha value is -0.530. The summed E-state index contributed by atoms with van der Waals surface area (Å²) in [5.74, 6) is 1.18. The van der Waals surface area contributed by atoms with Crippen molar-refractivity contribution in [2.75, 3.05) is 14.1 Å². The van der Waals surface area contributed by atoms with Crippen LogP contribution < -0.4 is 0 Å². The Kier molecular flexibility index (Phi) is 4.08. The van der Waals surface area contributed by atoms with Crippen molar-refractivity contribution >= 4 is 5.84 Å². The van der Waals surface area contributed by atoms with E-state index in [0.717, 1.165) is 6.42 Å². The summed E-state index contributed by atoms with van der Waals surface area (Å²) in [5.41, 5.74) is 0. The molecule has 0 saturated heterocycles. The molecule has 2 nitrogen and oxygen atoms in total. The molecule has 2 heteroatoms. The lowest BCUT2D eigenvalue weighted by atomic mass is 10.3. The number of hydrogen-bond donors (Lipinski definition) is 0. The topological polar surface area (TPSA) is 15.6 Å². The summed E-state index contributed by atoms with van der Waals surface area (Å²) < 4.78 is 0. The molecule has 0 aliphatic carbocycles. The molecule has 10 heavy (non-hydrogen) atoms. The molecular formula is C8H18N2. The van der Waals surface area contributed by atoms with Gasteiger partial charge in [0.25, 0.3) is 0 Å². The molecule has 60 valence electrons. The van der Waals surface area contributed by atoms with E-state index in [1.807, 2.05) is 7.05 Å². The Bertz CT molecular complexity index is 116. The van der Waals surface area contributed by atoms with E-state index < -0.39 is 0 Å². The van der Waals surface area contributed by atoms with Gasteiger partial charge in [0, 0.05) is 26.6 Å². The average molecular weight is 142 g/mol. The third kappa shape index (κ3) is 2.38. The fourth-order valence-electron chi connectivity index (χ4n) is 0.863. The molecule has 0 saturated carbocycles. The van der Waals surface area contributed by atoms with E-state index in [2.05, 4.69) is 37.7 Å². The first-order valence-electron chi connectivity index (χ1n) is 3.82. The Morgan fingerprint density at radius 3 is 2.10 bits per heavy atom. The summed E-state index contributed by atoms with van der Waals surface area (Å²) in [4.78, 5) is 6.36. The van der Waals surface area contributed by atoms with Gasteiger partial charge in [0.05, 0.1) is 5.84 Å². The zero-order valence-electron chi connectivity index (χ0n) is 7.68. The Morgan fingerprint density at radius 2 is 2.00 bits per heavy atom. The molecule has 0 unspecified atom stereocenters. The molecule has 0 aromatic heterocycles. The maximum absolute atomic E-state index is 4.17. The Labute approximate surface area is 63.9 Å². The zero-order valence-corrected chi connectivity index (χ0v) is 7.68. The molecule has 0 bridgehead atoms. The first-order chi connectivity index (χ1) is 4.63. The quantitative estimate of drug-likeness (QED) is 0.424. The number of amidine groups is 1. The largest absolute Gasteiger partial charge is 0.361 e. The summed E-state index contributed by atoms with van der Waals surface area (Å²) in [6, 6.07) is 0.554. The van der Waals surface area contributed by atoms with Gasteiger partial charge in [-0.2, -0.15) is 0 Å². The van der Waals surface area contributed by atoms with Gasteiger partial charge in [-0.25, -0.2) is 0 Å². The molecule has 0 spiro atoms. The van der Waals surface area contributed by atoms with Gasteiger partial charge >= 0.3 is 0 Å². The van der Waals surface area contributed by atoms with Crippen LogP contribution in [-0.4, -0.2) is 30.9 Å². The highest BCUT2D eigenvalue weighted by Gasteiger charge is 2.05. The van der Waals surface area contributed by atoms with E-state index in [1.165, 1.54) is 5.84 Å². The predicted molar refractivity (Wildman–Crippen MR) is 46.5 cm³/mol. The summed E-state index contributed by atoms with van der Waals surface area (Å²) in [7, 11) is 3.92. The molecule has 0 fully saturated rings. The van der Waals surface area contributed by atoms with Gasteiger partial charge in [-0.1, -0.05) is 6.92 Å². The van der Waals surface area contributed by atoms with Gasteiger partial charge in [-0.05, 0) is 13.8 Å². The zero-order chi connectivity index (χ0) is 8.15. The van der Waals surface area contributed by atoms with Gasteiger partial charge in [0.1, 0.15) is 0 Å². The summed E-state index contributed by atoms with van der Waals surface area (Å²) >= 11 is 0. The van der Waals surface area contributed by atoms with Crippen LogP contribution in [0.2, 0.25) is 0 Å². The van der Waals surface area contributed by atoms with Crippen LogP contribution in [0.15, 0.2) is 4.99 Å². The van der Waals surface area contributed by atoms with Crippen molar-refractivity contribution < 1.29 is 0 Å². The van der Waals surface area contributed by atoms with Gasteiger partial charge in [-0.3, -0.25) is 4.99 Å². The maximum Gasteiger partial charge on any atom is 0.0982 e. The van der Waals surface area contributed by atoms with Gasteiger partial charge < -0.3 is 4.90 Å². The fraction of sp³-hybridized carbons (Fsp3) is 0.875. The molecule has 0 aromatic carbocycles. The third-order valence-electron chi connectivity index (χ3n) is 1.76. The van der Waals surface area contributed by atoms with Crippen LogP contribution in [-0.2, 0) is 0 Å². The normalized spacial score (nSPS) is 12.4. The molecule has 0 rings (SSSR count). The van der Waals surface area contributed by atoms with Crippen LogP contribution in [0.25, 0.3) is 0 Å². The lowest BCUT2D eigenvalue weighted by Gasteiger charge is -2.24. The molecular weight excluding hydrogens is 124 g/mol. The number of hydrogen-bond acceptors (Lipinski definition) is 1. The highest BCUT2D eigenvalue weighted by molar-refractivity contribution is 5.81. The molecule has 0 atom stereocenters. The van der Waals surface area contributed by atoms with E-state index in [9.17, 15) is 0 Å². The van der Waals surface area contributed by atoms with Crippen LogP contribution in [0.5, 0.6) is 0 Å². The van der Waals surface area contributed by atoms with E-state index >= 15 is 0 Å². The monoisotopic (exact) mass is 142 g/mol. The molecule has 0 N–H and O–H groups in total. The van der Waals surface area contributed by atoms with E-state index in [1.54, 1.807) is 0 Å². The van der Waals surface area contributed by atoms with Crippen molar-refractivity contribution in [3.63, 3.8) is 0 Å². The van der Waals surface area contributed by atoms with Crippen LogP contribution in [0.1, 0.15) is 27.2 Å². The minimum atomic E-state index is 0.554. The van der Waals surface area contributed by atoms with Crippen molar-refractivity contribution in [3.05, 3.63) is 0 Å². The molecule has 0 amide bonds. The SMILES string of the molecule is CCC(=NC)N(C)C(C)C. The highest BCUT2D eigenvalue weighted by Crippen LogP contribution is 1.98. The first-order valence-corrected chi connectivity index (χ1v) is 3.82. The van der Waals surface area contributed by atoms with Crippen LogP contribution in [0.3, 0.4) is 0 Å².